The number of rotatable bonds is 7. The highest BCUT2D eigenvalue weighted by atomic mass is 79.9. The molecule has 2 aromatic rings. The van der Waals surface area contributed by atoms with E-state index in [1.165, 1.54) is 35.7 Å². The first kappa shape index (κ1) is 19.1. The van der Waals surface area contributed by atoms with Crippen molar-refractivity contribution >= 4 is 34.6 Å². The molecule has 0 spiro atoms. The van der Waals surface area contributed by atoms with Crippen LogP contribution in [0.2, 0.25) is 0 Å². The van der Waals surface area contributed by atoms with E-state index in [9.17, 15) is 0 Å². The van der Waals surface area contributed by atoms with Crippen molar-refractivity contribution in [2.45, 2.75) is 37.9 Å². The van der Waals surface area contributed by atoms with Gasteiger partial charge in [-0.1, -0.05) is 59.6 Å². The fraction of sp³-hybridized carbons (Fsp3) is 0.348. The van der Waals surface area contributed by atoms with Gasteiger partial charge in [-0.3, -0.25) is 0 Å². The van der Waals surface area contributed by atoms with Gasteiger partial charge >= 0.3 is 0 Å². The van der Waals surface area contributed by atoms with Crippen LogP contribution in [-0.4, -0.2) is 24.9 Å². The zero-order valence-electron chi connectivity index (χ0n) is 15.5. The molecule has 2 unspecified atom stereocenters. The van der Waals surface area contributed by atoms with E-state index in [2.05, 4.69) is 76.3 Å². The summed E-state index contributed by atoms with van der Waals surface area (Å²) in [4.78, 5) is 0. The molecule has 2 aliphatic rings. The molecule has 0 aliphatic carbocycles. The first-order chi connectivity index (χ1) is 13.3. The smallest absolute Gasteiger partial charge is 0.119 e. The number of hydrogen-bond acceptors (Lipinski definition) is 2. The van der Waals surface area contributed by atoms with Crippen molar-refractivity contribution < 1.29 is 9.47 Å². The highest BCUT2D eigenvalue weighted by Gasteiger charge is 2.24. The Balaban J connectivity index is 1.25. The molecule has 1 fully saturated rings. The molecule has 2 aromatic carbocycles. The molecule has 4 rings (SSSR count). The van der Waals surface area contributed by atoms with E-state index in [0.29, 0.717) is 5.85 Å². The lowest BCUT2D eigenvalue weighted by Crippen LogP contribution is -2.17. The van der Waals surface area contributed by atoms with Gasteiger partial charge in [-0.2, -0.15) is 0 Å². The van der Waals surface area contributed by atoms with Gasteiger partial charge in [0.1, 0.15) is 5.75 Å². The monoisotopic (exact) mass is 444 g/mol. The summed E-state index contributed by atoms with van der Waals surface area (Å²) in [7, 11) is -0.637. The summed E-state index contributed by atoms with van der Waals surface area (Å²) in [5.41, 5.74) is 2.69. The Labute approximate surface area is 171 Å². The summed E-state index contributed by atoms with van der Waals surface area (Å²) in [6.07, 6.45) is 8.10. The lowest BCUT2D eigenvalue weighted by molar-refractivity contribution is 0.0708. The van der Waals surface area contributed by atoms with Gasteiger partial charge in [0, 0.05) is 11.1 Å². The van der Waals surface area contributed by atoms with Crippen molar-refractivity contribution in [3.8, 4) is 5.75 Å². The third-order valence-electron chi connectivity index (χ3n) is 5.22. The molecule has 2 heterocycles. The maximum absolute atomic E-state index is 6.01. The van der Waals surface area contributed by atoms with Gasteiger partial charge in [0.05, 0.1) is 12.5 Å². The Bertz CT molecular complexity index is 818. The van der Waals surface area contributed by atoms with E-state index in [0.717, 1.165) is 36.3 Å². The highest BCUT2D eigenvalue weighted by Crippen LogP contribution is 2.52. The number of ether oxygens (including phenoxy) is 2. The molecule has 0 amide bonds. The van der Waals surface area contributed by atoms with Crippen LogP contribution < -0.4 is 4.74 Å². The third kappa shape index (κ3) is 4.96. The highest BCUT2D eigenvalue weighted by molar-refractivity contribution is 9.10. The molecule has 142 valence electrons. The zero-order valence-corrected chi connectivity index (χ0v) is 18.1. The fourth-order valence-electron chi connectivity index (χ4n) is 3.64. The second kappa shape index (κ2) is 9.28. The summed E-state index contributed by atoms with van der Waals surface area (Å²) in [6, 6.07) is 17.1. The fourth-order valence-corrected chi connectivity index (χ4v) is 6.30. The number of aryl methyl sites for hydroxylation is 1. The van der Waals surface area contributed by atoms with E-state index >= 15 is 0 Å². The van der Waals surface area contributed by atoms with Crippen LogP contribution in [0.5, 0.6) is 5.75 Å². The third-order valence-corrected chi connectivity index (χ3v) is 8.51. The van der Waals surface area contributed by atoms with Gasteiger partial charge in [-0.15, -0.1) is 0 Å². The molecule has 4 heteroatoms. The average molecular weight is 445 g/mol. The molecule has 0 aromatic heterocycles. The molecular weight excluding hydrogens is 419 g/mol. The van der Waals surface area contributed by atoms with Gasteiger partial charge in [-0.05, 0) is 72.8 Å². The molecule has 0 N–H and O–H groups in total. The second-order valence-corrected chi connectivity index (χ2v) is 10.5. The number of benzene rings is 2. The van der Waals surface area contributed by atoms with Crippen LogP contribution in [0.25, 0.3) is 5.31 Å². The van der Waals surface area contributed by atoms with Crippen molar-refractivity contribution in [2.24, 2.45) is 0 Å². The predicted octanol–water partition coefficient (Wildman–Crippen LogP) is 6.36. The Kier molecular flexibility index (Phi) is 6.55. The summed E-state index contributed by atoms with van der Waals surface area (Å²) in [5.74, 6) is 3.82. The first-order valence-corrected chi connectivity index (χ1v) is 12.3. The average Bonchev–Trinajstić information content (AvgIpc) is 2.68. The maximum atomic E-state index is 6.01. The van der Waals surface area contributed by atoms with Crippen LogP contribution in [0.15, 0.2) is 59.1 Å². The zero-order chi connectivity index (χ0) is 18.5. The minimum atomic E-state index is -0.637. The first-order valence-electron chi connectivity index (χ1n) is 9.81. The minimum absolute atomic E-state index is 0.471. The van der Waals surface area contributed by atoms with E-state index in [1.54, 1.807) is 0 Å². The number of hydrogen-bond donors (Lipinski definition) is 0. The molecule has 0 radical (unpaired) electrons. The minimum Gasteiger partial charge on any atom is -0.494 e. The standard InChI is InChI=1S/C23H26BrO2P/c24-20-10-6-18(7-11-20)4-3-16-25-21-12-8-19(9-13-21)22-14-17-27(22)23-5-1-2-15-26-23/h6-14,17,23,27H,1-5,15-16H2. The Morgan fingerprint density at radius 2 is 1.85 bits per heavy atom. The largest absolute Gasteiger partial charge is 0.494 e. The van der Waals surface area contributed by atoms with Crippen LogP contribution in [0.4, 0.5) is 0 Å². The normalized spacial score (nSPS) is 21.7. The summed E-state index contributed by atoms with van der Waals surface area (Å²) in [6.45, 7) is 1.68. The summed E-state index contributed by atoms with van der Waals surface area (Å²) in [5, 5.41) is 1.51. The topological polar surface area (TPSA) is 18.5 Å². The van der Waals surface area contributed by atoms with E-state index < -0.39 is 7.55 Å². The van der Waals surface area contributed by atoms with Crippen LogP contribution >= 0.6 is 23.5 Å². The Morgan fingerprint density at radius 1 is 1.04 bits per heavy atom. The van der Waals surface area contributed by atoms with Gasteiger partial charge in [0.25, 0.3) is 0 Å². The van der Waals surface area contributed by atoms with Crippen molar-refractivity contribution in [3.05, 3.63) is 70.2 Å². The molecular formula is C23H26BrO2P. The number of halogens is 1. The lowest BCUT2D eigenvalue weighted by Gasteiger charge is -2.31. The second-order valence-electron chi connectivity index (χ2n) is 7.16. The van der Waals surface area contributed by atoms with Crippen molar-refractivity contribution in [2.75, 3.05) is 13.2 Å². The van der Waals surface area contributed by atoms with Crippen LogP contribution in [0.3, 0.4) is 0 Å². The van der Waals surface area contributed by atoms with Crippen molar-refractivity contribution in [1.82, 2.24) is 0 Å². The molecule has 0 saturated carbocycles. The van der Waals surface area contributed by atoms with Gasteiger partial charge < -0.3 is 9.47 Å². The molecule has 0 bridgehead atoms. The van der Waals surface area contributed by atoms with Crippen molar-refractivity contribution in [3.63, 3.8) is 0 Å². The van der Waals surface area contributed by atoms with E-state index in [1.807, 2.05) is 0 Å². The van der Waals surface area contributed by atoms with E-state index in [-0.39, 0.29) is 0 Å². The van der Waals surface area contributed by atoms with E-state index in [4.69, 9.17) is 9.47 Å². The molecule has 2 aliphatic heterocycles. The summed E-state index contributed by atoms with van der Waals surface area (Å²) < 4.78 is 13.1. The maximum Gasteiger partial charge on any atom is 0.119 e. The number of allylic oxidation sites excluding steroid dienone is 1. The summed E-state index contributed by atoms with van der Waals surface area (Å²) >= 11 is 3.47. The lowest BCUT2D eigenvalue weighted by atomic mass is 10.1. The van der Waals surface area contributed by atoms with Crippen LogP contribution in [0, 0.1) is 0 Å². The molecule has 2 nitrogen and oxygen atoms in total. The molecule has 1 saturated heterocycles. The van der Waals surface area contributed by atoms with Gasteiger partial charge in [0.15, 0.2) is 0 Å². The molecule has 2 atom stereocenters. The Morgan fingerprint density at radius 3 is 2.52 bits per heavy atom. The SMILES string of the molecule is Brc1ccc(CCCOc2ccc(C3=CC=[PH]3C3CCCCO3)cc2)cc1. The molecule has 27 heavy (non-hydrogen) atoms. The van der Waals surface area contributed by atoms with Gasteiger partial charge in [-0.25, -0.2) is 0 Å². The quantitative estimate of drug-likeness (QED) is 0.365. The Hall–Kier alpha value is -1.28. The van der Waals surface area contributed by atoms with Gasteiger partial charge in [0.2, 0.25) is 0 Å². The van der Waals surface area contributed by atoms with Crippen molar-refractivity contribution in [1.29, 1.82) is 0 Å². The van der Waals surface area contributed by atoms with Crippen LogP contribution in [0.1, 0.15) is 36.8 Å². The predicted molar refractivity (Wildman–Crippen MR) is 120 cm³/mol. The van der Waals surface area contributed by atoms with Crippen LogP contribution in [-0.2, 0) is 11.2 Å².